The van der Waals surface area contributed by atoms with Crippen LogP contribution in [0.4, 0.5) is 0 Å². The van der Waals surface area contributed by atoms with Crippen molar-refractivity contribution < 1.29 is 23.9 Å². The number of rotatable bonds is 7. The number of aromatic nitrogens is 1. The minimum atomic E-state index is -0.673. The molecule has 0 saturated heterocycles. The number of carbonyl (C=O) groups excluding carboxylic acids is 3. The normalized spacial score (nSPS) is 10.6. The highest BCUT2D eigenvalue weighted by Gasteiger charge is 2.15. The summed E-state index contributed by atoms with van der Waals surface area (Å²) in [6, 6.07) is 19.8. The van der Waals surface area contributed by atoms with E-state index >= 15 is 0 Å². The summed E-state index contributed by atoms with van der Waals surface area (Å²) in [5, 5.41) is 4.89. The van der Waals surface area contributed by atoms with Crippen molar-refractivity contribution in [2.24, 2.45) is 5.10 Å². The fraction of sp³-hybridized carbons (Fsp3) is 0. The highest BCUT2D eigenvalue weighted by molar-refractivity contribution is 6.31. The largest absolute Gasteiger partial charge is 0.423 e. The molecule has 1 N–H and O–H groups in total. The number of hydrazone groups is 1. The van der Waals surface area contributed by atoms with Crippen LogP contribution < -0.4 is 14.9 Å². The number of hydrogen-bond donors (Lipinski definition) is 1. The first-order valence-corrected chi connectivity index (χ1v) is 11.5. The van der Waals surface area contributed by atoms with E-state index < -0.39 is 17.8 Å². The number of halogens is 2. The second-order valence-corrected chi connectivity index (χ2v) is 8.30. The third-order valence-corrected chi connectivity index (χ3v) is 5.37. The molecule has 0 unspecified atom stereocenters. The summed E-state index contributed by atoms with van der Waals surface area (Å²) >= 11 is 11.8. The third-order valence-electron chi connectivity index (χ3n) is 4.87. The Balaban J connectivity index is 1.56. The number of nitrogens with zero attached hydrogens (tertiary/aromatic N) is 2. The Morgan fingerprint density at radius 3 is 1.89 bits per heavy atom. The number of hydrogen-bond acceptors (Lipinski definition) is 7. The molecule has 4 rings (SSSR count). The molecule has 184 valence electrons. The van der Waals surface area contributed by atoms with E-state index in [2.05, 4.69) is 15.5 Å². The van der Waals surface area contributed by atoms with Gasteiger partial charge in [0.15, 0.2) is 0 Å². The molecule has 0 aliphatic carbocycles. The molecule has 4 aromatic rings. The summed E-state index contributed by atoms with van der Waals surface area (Å²) < 4.78 is 11.0. The Bertz CT molecular complexity index is 1460. The molecule has 8 nitrogen and oxygen atoms in total. The monoisotopic (exact) mass is 533 g/mol. The van der Waals surface area contributed by atoms with Gasteiger partial charge in [-0.2, -0.15) is 5.10 Å². The average molecular weight is 534 g/mol. The summed E-state index contributed by atoms with van der Waals surface area (Å²) in [5.41, 5.74) is 3.63. The van der Waals surface area contributed by atoms with Crippen molar-refractivity contribution in [1.82, 2.24) is 10.4 Å². The number of nitrogens with one attached hydrogen (secondary N) is 1. The molecule has 3 aromatic carbocycles. The molecular formula is C27H17Cl2N3O5. The molecule has 0 radical (unpaired) electrons. The van der Waals surface area contributed by atoms with Gasteiger partial charge in [0.25, 0.3) is 5.91 Å². The first-order chi connectivity index (χ1) is 17.9. The predicted molar refractivity (Wildman–Crippen MR) is 139 cm³/mol. The van der Waals surface area contributed by atoms with Crippen molar-refractivity contribution in [1.29, 1.82) is 0 Å². The lowest BCUT2D eigenvalue weighted by atomic mass is 10.2. The van der Waals surface area contributed by atoms with Gasteiger partial charge >= 0.3 is 11.9 Å². The SMILES string of the molecule is O=C(N/N=C/c1ccc(OC(=O)c2ccc(Cl)cc2)cc1OC(=O)c1ccc(Cl)cc1)c1ccncc1. The standard InChI is InChI=1S/C27H17Cl2N3O5/c28-21-6-1-18(2-7-21)26(34)36-23-10-5-20(16-31-32-25(33)17-11-13-30-14-12-17)24(15-23)37-27(35)19-3-8-22(29)9-4-19/h1-16H,(H,32,33)/b31-16+. The Hall–Kier alpha value is -4.53. The minimum Gasteiger partial charge on any atom is -0.423 e. The fourth-order valence-electron chi connectivity index (χ4n) is 3.00. The third kappa shape index (κ3) is 7.00. The van der Waals surface area contributed by atoms with Gasteiger partial charge in [-0.15, -0.1) is 0 Å². The molecule has 0 aliphatic heterocycles. The van der Waals surface area contributed by atoms with Crippen LogP contribution in [0.15, 0.2) is 96.4 Å². The number of esters is 2. The van der Waals surface area contributed by atoms with Crippen molar-refractivity contribution in [2.75, 3.05) is 0 Å². The van der Waals surface area contributed by atoms with Crippen LogP contribution in [-0.2, 0) is 0 Å². The summed E-state index contributed by atoms with van der Waals surface area (Å²) in [7, 11) is 0. The van der Waals surface area contributed by atoms with Gasteiger partial charge < -0.3 is 9.47 Å². The van der Waals surface area contributed by atoms with E-state index in [1.807, 2.05) is 0 Å². The summed E-state index contributed by atoms with van der Waals surface area (Å²) in [4.78, 5) is 41.3. The molecule has 0 fully saturated rings. The van der Waals surface area contributed by atoms with Gasteiger partial charge in [-0.05, 0) is 72.8 Å². The van der Waals surface area contributed by atoms with Gasteiger partial charge in [0.05, 0.1) is 17.3 Å². The first kappa shape index (κ1) is 25.6. The summed E-state index contributed by atoms with van der Waals surface area (Å²) in [5.74, 6) is -1.59. The van der Waals surface area contributed by atoms with E-state index in [4.69, 9.17) is 32.7 Å². The van der Waals surface area contributed by atoms with Crippen LogP contribution >= 0.6 is 23.2 Å². The Kier molecular flexibility index (Phi) is 8.25. The van der Waals surface area contributed by atoms with Gasteiger partial charge in [0, 0.05) is 39.6 Å². The van der Waals surface area contributed by atoms with E-state index in [0.29, 0.717) is 21.2 Å². The number of ether oxygens (including phenoxy) is 2. The van der Waals surface area contributed by atoms with Crippen molar-refractivity contribution in [3.63, 3.8) is 0 Å². The van der Waals surface area contributed by atoms with E-state index in [0.717, 1.165) is 0 Å². The van der Waals surface area contributed by atoms with Gasteiger partial charge in [-0.3, -0.25) is 9.78 Å². The highest BCUT2D eigenvalue weighted by atomic mass is 35.5. The Labute approximate surface area is 221 Å². The number of benzene rings is 3. The second-order valence-electron chi connectivity index (χ2n) is 7.43. The summed E-state index contributed by atoms with van der Waals surface area (Å²) in [6.45, 7) is 0. The van der Waals surface area contributed by atoms with E-state index in [-0.39, 0.29) is 22.6 Å². The molecule has 0 saturated carbocycles. The molecule has 0 atom stereocenters. The van der Waals surface area contributed by atoms with Crippen LogP contribution in [0, 0.1) is 0 Å². The zero-order chi connectivity index (χ0) is 26.2. The zero-order valence-corrected chi connectivity index (χ0v) is 20.4. The lowest BCUT2D eigenvalue weighted by Crippen LogP contribution is -2.17. The maximum absolute atomic E-state index is 12.7. The van der Waals surface area contributed by atoms with Gasteiger partial charge in [0.2, 0.25) is 0 Å². The smallest absolute Gasteiger partial charge is 0.343 e. The molecule has 1 heterocycles. The molecule has 0 bridgehead atoms. The fourth-order valence-corrected chi connectivity index (χ4v) is 3.25. The number of carbonyl (C=O) groups is 3. The molecule has 0 aliphatic rings. The van der Waals surface area contributed by atoms with Gasteiger partial charge in [-0.25, -0.2) is 15.0 Å². The zero-order valence-electron chi connectivity index (χ0n) is 18.9. The Morgan fingerprint density at radius 1 is 0.730 bits per heavy atom. The van der Waals surface area contributed by atoms with E-state index in [1.54, 1.807) is 24.3 Å². The molecule has 10 heteroatoms. The van der Waals surface area contributed by atoms with Crippen molar-refractivity contribution in [2.45, 2.75) is 0 Å². The lowest BCUT2D eigenvalue weighted by molar-refractivity contribution is 0.0732. The van der Waals surface area contributed by atoms with Crippen molar-refractivity contribution in [3.8, 4) is 11.5 Å². The number of amides is 1. The van der Waals surface area contributed by atoms with Crippen LogP contribution in [0.3, 0.4) is 0 Å². The lowest BCUT2D eigenvalue weighted by Gasteiger charge is -2.11. The van der Waals surface area contributed by atoms with Crippen molar-refractivity contribution in [3.05, 3.63) is 124 Å². The first-order valence-electron chi connectivity index (χ1n) is 10.7. The molecule has 0 spiro atoms. The van der Waals surface area contributed by atoms with Crippen LogP contribution in [-0.4, -0.2) is 29.0 Å². The maximum Gasteiger partial charge on any atom is 0.343 e. The van der Waals surface area contributed by atoms with Gasteiger partial charge in [-0.1, -0.05) is 23.2 Å². The van der Waals surface area contributed by atoms with Crippen LogP contribution in [0.25, 0.3) is 0 Å². The molecule has 1 amide bonds. The predicted octanol–water partition coefficient (Wildman–Crippen LogP) is 5.59. The van der Waals surface area contributed by atoms with Gasteiger partial charge in [0.1, 0.15) is 11.5 Å². The highest BCUT2D eigenvalue weighted by Crippen LogP contribution is 2.26. The molecule has 1 aromatic heterocycles. The van der Waals surface area contributed by atoms with Crippen molar-refractivity contribution >= 4 is 47.3 Å². The Morgan fingerprint density at radius 2 is 1.30 bits per heavy atom. The molecule has 37 heavy (non-hydrogen) atoms. The summed E-state index contributed by atoms with van der Waals surface area (Å²) in [6.07, 6.45) is 4.27. The maximum atomic E-state index is 12.7. The second kappa shape index (κ2) is 11.9. The topological polar surface area (TPSA) is 107 Å². The van der Waals surface area contributed by atoms with E-state index in [9.17, 15) is 14.4 Å². The van der Waals surface area contributed by atoms with Crippen LogP contribution in [0.1, 0.15) is 36.6 Å². The average Bonchev–Trinajstić information content (AvgIpc) is 2.91. The minimum absolute atomic E-state index is 0.0447. The van der Waals surface area contributed by atoms with E-state index in [1.165, 1.54) is 73.2 Å². The number of pyridine rings is 1. The van der Waals surface area contributed by atoms with Crippen LogP contribution in [0.5, 0.6) is 11.5 Å². The van der Waals surface area contributed by atoms with Crippen LogP contribution in [0.2, 0.25) is 10.0 Å². The quantitative estimate of drug-likeness (QED) is 0.143. The molecular weight excluding hydrogens is 517 g/mol.